The highest BCUT2D eigenvalue weighted by molar-refractivity contribution is 5.32. The number of aromatic nitrogens is 2. The van der Waals surface area contributed by atoms with Gasteiger partial charge in [0.05, 0.1) is 18.4 Å². The molecule has 0 saturated carbocycles. The van der Waals surface area contributed by atoms with E-state index in [9.17, 15) is 5.26 Å². The summed E-state index contributed by atoms with van der Waals surface area (Å²) in [5.41, 5.74) is 1.82. The van der Waals surface area contributed by atoms with Crippen molar-refractivity contribution in [1.82, 2.24) is 9.55 Å². The van der Waals surface area contributed by atoms with Crippen molar-refractivity contribution >= 4 is 0 Å². The van der Waals surface area contributed by atoms with Gasteiger partial charge in [-0.1, -0.05) is 30.3 Å². The Kier molecular flexibility index (Phi) is 5.89. The molecule has 23 heavy (non-hydrogen) atoms. The number of hydrogen-bond acceptors (Lipinski definition) is 5. The van der Waals surface area contributed by atoms with Crippen LogP contribution in [-0.4, -0.2) is 16.2 Å². The quantitative estimate of drug-likeness (QED) is 0.731. The van der Waals surface area contributed by atoms with Gasteiger partial charge in [-0.25, -0.2) is 9.55 Å². The zero-order chi connectivity index (χ0) is 16.5. The summed E-state index contributed by atoms with van der Waals surface area (Å²) >= 11 is 0. The maximum atomic E-state index is 9.27. The summed E-state index contributed by atoms with van der Waals surface area (Å²) in [5, 5.41) is 27.1. The molecular formula is C17H15N5O. The van der Waals surface area contributed by atoms with Gasteiger partial charge in [-0.05, 0) is 12.0 Å². The van der Waals surface area contributed by atoms with Crippen molar-refractivity contribution in [3.05, 3.63) is 53.1 Å². The normalized spacial score (nSPS) is 9.78. The SMILES string of the molecule is N#CCCc1c(C#N)nc(COCCc2ccccc2)n1C#N. The van der Waals surface area contributed by atoms with Crippen molar-refractivity contribution in [3.63, 3.8) is 0 Å². The molecule has 2 aromatic rings. The first-order chi connectivity index (χ1) is 11.3. The number of imidazole rings is 1. The predicted molar refractivity (Wildman–Crippen MR) is 81.7 cm³/mol. The zero-order valence-electron chi connectivity index (χ0n) is 12.6. The predicted octanol–water partition coefficient (Wildman–Crippen LogP) is 2.30. The smallest absolute Gasteiger partial charge is 0.190 e. The average Bonchev–Trinajstić information content (AvgIpc) is 2.94. The molecule has 0 aliphatic heterocycles. The van der Waals surface area contributed by atoms with E-state index in [0.717, 1.165) is 6.42 Å². The molecule has 2 rings (SSSR count). The van der Waals surface area contributed by atoms with E-state index in [1.807, 2.05) is 48.7 Å². The van der Waals surface area contributed by atoms with Gasteiger partial charge in [0.15, 0.2) is 11.9 Å². The summed E-state index contributed by atoms with van der Waals surface area (Å²) in [5.74, 6) is 0.394. The lowest BCUT2D eigenvalue weighted by atomic mass is 10.2. The molecule has 6 nitrogen and oxygen atoms in total. The first kappa shape index (κ1) is 16.2. The second-order valence-corrected chi connectivity index (χ2v) is 4.82. The Hall–Kier alpha value is -3.14. The minimum atomic E-state index is 0.154. The fourth-order valence-electron chi connectivity index (χ4n) is 2.21. The second kappa shape index (κ2) is 8.34. The molecule has 0 N–H and O–H groups in total. The number of nitriles is 3. The van der Waals surface area contributed by atoms with E-state index < -0.39 is 0 Å². The molecule has 1 aromatic carbocycles. The standard InChI is InChI=1S/C17H15N5O/c18-9-4-7-16-15(11-19)21-17(22(16)13-20)12-23-10-8-14-5-2-1-3-6-14/h1-3,5-6H,4,7-8,10,12H2. The van der Waals surface area contributed by atoms with E-state index >= 15 is 0 Å². The Labute approximate surface area is 134 Å². The lowest BCUT2D eigenvalue weighted by Gasteiger charge is -2.04. The zero-order valence-corrected chi connectivity index (χ0v) is 12.6. The van der Waals surface area contributed by atoms with E-state index in [2.05, 4.69) is 4.98 Å². The molecule has 0 amide bonds. The molecule has 0 bridgehead atoms. The first-order valence-corrected chi connectivity index (χ1v) is 7.19. The van der Waals surface area contributed by atoms with E-state index in [0.29, 0.717) is 24.5 Å². The number of nitrogens with zero attached hydrogens (tertiary/aromatic N) is 5. The Balaban J connectivity index is 2.00. The van der Waals surface area contributed by atoms with Gasteiger partial charge in [-0.15, -0.1) is 0 Å². The van der Waals surface area contributed by atoms with Crippen molar-refractivity contribution in [2.45, 2.75) is 25.9 Å². The number of hydrogen-bond donors (Lipinski definition) is 0. The summed E-state index contributed by atoms with van der Waals surface area (Å²) < 4.78 is 6.86. The Morgan fingerprint density at radius 3 is 2.52 bits per heavy atom. The van der Waals surface area contributed by atoms with Crippen LogP contribution >= 0.6 is 0 Å². The van der Waals surface area contributed by atoms with Crippen LogP contribution in [0.15, 0.2) is 30.3 Å². The van der Waals surface area contributed by atoms with Gasteiger partial charge in [-0.2, -0.15) is 15.8 Å². The van der Waals surface area contributed by atoms with Crippen LogP contribution in [-0.2, 0) is 24.2 Å². The van der Waals surface area contributed by atoms with Gasteiger partial charge in [-0.3, -0.25) is 0 Å². The molecule has 1 heterocycles. The average molecular weight is 305 g/mol. The van der Waals surface area contributed by atoms with Crippen LogP contribution < -0.4 is 0 Å². The van der Waals surface area contributed by atoms with E-state index in [-0.39, 0.29) is 18.7 Å². The summed E-state index contributed by atoms with van der Waals surface area (Å²) in [4.78, 5) is 4.14. The lowest BCUT2D eigenvalue weighted by Crippen LogP contribution is -2.06. The van der Waals surface area contributed by atoms with Crippen LogP contribution in [0, 0.1) is 34.1 Å². The van der Waals surface area contributed by atoms with E-state index in [4.69, 9.17) is 15.3 Å². The highest BCUT2D eigenvalue weighted by atomic mass is 16.5. The second-order valence-electron chi connectivity index (χ2n) is 4.82. The molecule has 0 radical (unpaired) electrons. The maximum Gasteiger partial charge on any atom is 0.190 e. The van der Waals surface area contributed by atoms with E-state index in [1.165, 1.54) is 10.1 Å². The molecule has 0 aliphatic carbocycles. The molecule has 0 spiro atoms. The van der Waals surface area contributed by atoms with Crippen LogP contribution in [0.5, 0.6) is 0 Å². The molecule has 0 saturated heterocycles. The topological polar surface area (TPSA) is 98.4 Å². The third-order valence-electron chi connectivity index (χ3n) is 3.33. The molecule has 0 unspecified atom stereocenters. The fourth-order valence-corrected chi connectivity index (χ4v) is 2.21. The number of benzene rings is 1. The summed E-state index contributed by atoms with van der Waals surface area (Å²) in [6.07, 6.45) is 3.32. The highest BCUT2D eigenvalue weighted by Crippen LogP contribution is 2.14. The van der Waals surface area contributed by atoms with Crippen molar-refractivity contribution in [2.24, 2.45) is 0 Å². The molecule has 0 atom stereocenters. The van der Waals surface area contributed by atoms with Crippen molar-refractivity contribution < 1.29 is 4.74 Å². The van der Waals surface area contributed by atoms with Crippen LogP contribution in [0.25, 0.3) is 0 Å². The maximum absolute atomic E-state index is 9.27. The molecule has 1 aromatic heterocycles. The van der Waals surface area contributed by atoms with Crippen LogP contribution in [0.1, 0.15) is 29.2 Å². The van der Waals surface area contributed by atoms with Gasteiger partial charge >= 0.3 is 0 Å². The monoisotopic (exact) mass is 305 g/mol. The van der Waals surface area contributed by atoms with Gasteiger partial charge in [0.2, 0.25) is 0 Å². The van der Waals surface area contributed by atoms with Gasteiger partial charge in [0, 0.05) is 12.8 Å². The molecule has 114 valence electrons. The highest BCUT2D eigenvalue weighted by Gasteiger charge is 2.16. The van der Waals surface area contributed by atoms with Crippen LogP contribution in [0.2, 0.25) is 0 Å². The largest absolute Gasteiger partial charge is 0.373 e. The molecular weight excluding hydrogens is 290 g/mol. The van der Waals surface area contributed by atoms with Crippen LogP contribution in [0.3, 0.4) is 0 Å². The third-order valence-corrected chi connectivity index (χ3v) is 3.33. The van der Waals surface area contributed by atoms with Crippen molar-refractivity contribution in [1.29, 1.82) is 15.8 Å². The Morgan fingerprint density at radius 1 is 1.09 bits per heavy atom. The fraction of sp³-hybridized carbons (Fsp3) is 0.294. The van der Waals surface area contributed by atoms with Crippen molar-refractivity contribution in [3.8, 4) is 18.3 Å². The molecule has 0 aliphatic rings. The van der Waals surface area contributed by atoms with Gasteiger partial charge < -0.3 is 4.74 Å². The van der Waals surface area contributed by atoms with Crippen molar-refractivity contribution in [2.75, 3.05) is 6.61 Å². The van der Waals surface area contributed by atoms with Gasteiger partial charge in [0.25, 0.3) is 0 Å². The summed E-state index contributed by atoms with van der Waals surface area (Å²) in [7, 11) is 0. The number of rotatable bonds is 7. The summed E-state index contributed by atoms with van der Waals surface area (Å²) in [6, 6.07) is 13.9. The minimum absolute atomic E-state index is 0.154. The van der Waals surface area contributed by atoms with Crippen LogP contribution in [0.4, 0.5) is 0 Å². The molecule has 6 heteroatoms. The van der Waals surface area contributed by atoms with E-state index in [1.54, 1.807) is 0 Å². The minimum Gasteiger partial charge on any atom is -0.373 e. The van der Waals surface area contributed by atoms with Gasteiger partial charge in [0.1, 0.15) is 18.5 Å². The molecule has 0 fully saturated rings. The number of ether oxygens (including phenoxy) is 1. The third kappa shape index (κ3) is 4.17. The summed E-state index contributed by atoms with van der Waals surface area (Å²) in [6.45, 7) is 0.652. The lowest BCUT2D eigenvalue weighted by molar-refractivity contribution is 0.117. The Bertz CT molecular complexity index is 774. The first-order valence-electron chi connectivity index (χ1n) is 7.19. The Morgan fingerprint density at radius 2 is 1.87 bits per heavy atom.